The molecule has 0 aliphatic heterocycles. The predicted molar refractivity (Wildman–Crippen MR) is 140 cm³/mol. The molecule has 0 aromatic carbocycles. The molecule has 5 heteroatoms. The molecule has 4 rings (SSSR count). The van der Waals surface area contributed by atoms with E-state index in [0.29, 0.717) is 11.8 Å². The Morgan fingerprint density at radius 1 is 0.636 bits per heavy atom. The summed E-state index contributed by atoms with van der Waals surface area (Å²) in [6.45, 7) is 6.07. The van der Waals surface area contributed by atoms with Crippen molar-refractivity contribution in [3.05, 3.63) is 109 Å². The summed E-state index contributed by atoms with van der Waals surface area (Å²) >= 11 is 2.05. The number of hydrogen-bond acceptors (Lipinski definition) is 5. The number of thioether (sulfide) groups is 1. The first-order valence-electron chi connectivity index (χ1n) is 11.9. The largest absolute Gasteiger partial charge is 0.296 e. The van der Waals surface area contributed by atoms with Crippen LogP contribution in [0, 0.1) is 11.8 Å². The van der Waals surface area contributed by atoms with Crippen molar-refractivity contribution in [2.75, 3.05) is 37.7 Å². The summed E-state index contributed by atoms with van der Waals surface area (Å²) in [6, 6.07) is 12.4. The van der Waals surface area contributed by atoms with Gasteiger partial charge in [-0.1, -0.05) is 60.7 Å². The maximum absolute atomic E-state index is 4.54. The fraction of sp³-hybridized carbons (Fsp3) is 0.357. The molecule has 0 N–H and O–H groups in total. The van der Waals surface area contributed by atoms with E-state index in [2.05, 4.69) is 104 Å². The first-order valence-corrected chi connectivity index (χ1v) is 13.0. The standard InChI is InChI=1S/C28H34N4S/c1-2-10-25(9-1)21-31(23-27-13-5-7-15-29-27)17-19-33-20-18-32(22-26-11-3-4-12-26)24-28-14-6-8-16-30-28/h1-16,25-26H,17-24H2. The smallest absolute Gasteiger partial charge is 0.0543 e. The Hall–Kier alpha value is -2.47. The van der Waals surface area contributed by atoms with Gasteiger partial charge in [-0.2, -0.15) is 11.8 Å². The van der Waals surface area contributed by atoms with Gasteiger partial charge in [0.25, 0.3) is 0 Å². The van der Waals surface area contributed by atoms with Crippen LogP contribution in [0.4, 0.5) is 0 Å². The molecule has 0 spiro atoms. The first kappa shape index (κ1) is 23.7. The van der Waals surface area contributed by atoms with Crippen molar-refractivity contribution in [2.45, 2.75) is 13.1 Å². The Bertz CT molecular complexity index is 837. The Kier molecular flexibility index (Phi) is 9.54. The van der Waals surface area contributed by atoms with Crippen LogP contribution >= 0.6 is 11.8 Å². The summed E-state index contributed by atoms with van der Waals surface area (Å²) in [6.07, 6.45) is 21.6. The lowest BCUT2D eigenvalue weighted by Gasteiger charge is -2.25. The van der Waals surface area contributed by atoms with Crippen LogP contribution in [0.25, 0.3) is 0 Å². The van der Waals surface area contributed by atoms with Crippen molar-refractivity contribution in [1.82, 2.24) is 19.8 Å². The number of hydrogen-bond donors (Lipinski definition) is 0. The third kappa shape index (κ3) is 8.43. The number of rotatable bonds is 14. The molecular weight excluding hydrogens is 424 g/mol. The topological polar surface area (TPSA) is 32.3 Å². The normalized spacial score (nSPS) is 15.6. The number of nitrogens with zero attached hydrogens (tertiary/aromatic N) is 4. The molecule has 2 aliphatic carbocycles. The summed E-state index contributed by atoms with van der Waals surface area (Å²) in [5.74, 6) is 3.29. The average molecular weight is 459 g/mol. The molecule has 0 atom stereocenters. The van der Waals surface area contributed by atoms with E-state index in [1.54, 1.807) is 0 Å². The molecule has 2 aromatic heterocycles. The predicted octanol–water partition coefficient (Wildman–Crippen LogP) is 5.00. The van der Waals surface area contributed by atoms with Gasteiger partial charge in [0.15, 0.2) is 0 Å². The first-order chi connectivity index (χ1) is 16.3. The zero-order chi connectivity index (χ0) is 22.6. The lowest BCUT2D eigenvalue weighted by Crippen LogP contribution is -2.32. The van der Waals surface area contributed by atoms with Gasteiger partial charge >= 0.3 is 0 Å². The fourth-order valence-corrected chi connectivity index (χ4v) is 5.17. The summed E-state index contributed by atoms with van der Waals surface area (Å²) in [5, 5.41) is 0. The van der Waals surface area contributed by atoms with Crippen molar-refractivity contribution in [1.29, 1.82) is 0 Å². The molecule has 2 aromatic rings. The SMILES string of the molecule is C1=CC(CN(CCSCCN(Cc2ccccn2)CC2C=CC=C2)Cc2ccccn2)C=C1. The van der Waals surface area contributed by atoms with E-state index in [9.17, 15) is 0 Å². The minimum absolute atomic E-state index is 0.514. The van der Waals surface area contributed by atoms with E-state index >= 15 is 0 Å². The third-order valence-corrected chi connectivity index (χ3v) is 6.86. The van der Waals surface area contributed by atoms with E-state index < -0.39 is 0 Å². The van der Waals surface area contributed by atoms with Crippen LogP contribution in [0.3, 0.4) is 0 Å². The van der Waals surface area contributed by atoms with Gasteiger partial charge in [-0.25, -0.2) is 0 Å². The van der Waals surface area contributed by atoms with Crippen LogP contribution in [0.15, 0.2) is 97.4 Å². The molecule has 0 radical (unpaired) electrons. The van der Waals surface area contributed by atoms with Gasteiger partial charge in [-0.15, -0.1) is 0 Å². The van der Waals surface area contributed by atoms with Gasteiger partial charge in [0.05, 0.1) is 11.4 Å². The zero-order valence-corrected chi connectivity index (χ0v) is 20.1. The number of allylic oxidation sites excluding steroid dienone is 4. The van der Waals surface area contributed by atoms with Crippen molar-refractivity contribution in [3.63, 3.8) is 0 Å². The van der Waals surface area contributed by atoms with Crippen LogP contribution in [0.2, 0.25) is 0 Å². The second-order valence-corrected chi connectivity index (χ2v) is 9.82. The van der Waals surface area contributed by atoms with Gasteiger partial charge < -0.3 is 0 Å². The van der Waals surface area contributed by atoms with Crippen LogP contribution in [0.1, 0.15) is 11.4 Å². The molecule has 2 heterocycles. The molecule has 0 unspecified atom stereocenters. The minimum Gasteiger partial charge on any atom is -0.296 e. The van der Waals surface area contributed by atoms with Gasteiger partial charge in [0.2, 0.25) is 0 Å². The lowest BCUT2D eigenvalue weighted by atomic mass is 10.1. The minimum atomic E-state index is 0.514. The van der Waals surface area contributed by atoms with Gasteiger partial charge in [0.1, 0.15) is 0 Å². The Morgan fingerprint density at radius 3 is 1.48 bits per heavy atom. The van der Waals surface area contributed by atoms with Crippen molar-refractivity contribution in [3.8, 4) is 0 Å². The molecule has 172 valence electrons. The molecule has 0 amide bonds. The molecule has 4 nitrogen and oxygen atoms in total. The van der Waals surface area contributed by atoms with E-state index in [4.69, 9.17) is 0 Å². The lowest BCUT2D eigenvalue weighted by molar-refractivity contribution is 0.263. The summed E-state index contributed by atoms with van der Waals surface area (Å²) in [7, 11) is 0. The number of aromatic nitrogens is 2. The third-order valence-electron chi connectivity index (χ3n) is 5.92. The molecule has 0 fully saturated rings. The van der Waals surface area contributed by atoms with Gasteiger partial charge in [-0.3, -0.25) is 19.8 Å². The Morgan fingerprint density at radius 2 is 1.09 bits per heavy atom. The van der Waals surface area contributed by atoms with Crippen molar-refractivity contribution in [2.24, 2.45) is 11.8 Å². The van der Waals surface area contributed by atoms with E-state index in [1.165, 1.54) is 0 Å². The zero-order valence-electron chi connectivity index (χ0n) is 19.2. The molecule has 0 saturated heterocycles. The Labute approximate surface area is 202 Å². The van der Waals surface area contributed by atoms with Gasteiger partial charge in [0, 0.05) is 75.0 Å². The van der Waals surface area contributed by atoms with Crippen LogP contribution in [-0.4, -0.2) is 57.5 Å². The second kappa shape index (κ2) is 13.3. The van der Waals surface area contributed by atoms with Crippen molar-refractivity contribution >= 4 is 11.8 Å². The van der Waals surface area contributed by atoms with Gasteiger partial charge in [-0.05, 0) is 24.3 Å². The second-order valence-electron chi connectivity index (χ2n) is 8.59. The van der Waals surface area contributed by atoms with Crippen LogP contribution in [-0.2, 0) is 13.1 Å². The van der Waals surface area contributed by atoms with E-state index in [0.717, 1.165) is 62.2 Å². The molecule has 0 saturated carbocycles. The molecule has 33 heavy (non-hydrogen) atoms. The summed E-state index contributed by atoms with van der Waals surface area (Å²) < 4.78 is 0. The van der Waals surface area contributed by atoms with E-state index in [-0.39, 0.29) is 0 Å². The van der Waals surface area contributed by atoms with E-state index in [1.807, 2.05) is 24.5 Å². The maximum Gasteiger partial charge on any atom is 0.0543 e. The fourth-order valence-electron chi connectivity index (χ4n) is 4.20. The molecule has 0 bridgehead atoms. The maximum atomic E-state index is 4.54. The highest BCUT2D eigenvalue weighted by Gasteiger charge is 2.14. The number of pyridine rings is 2. The monoisotopic (exact) mass is 458 g/mol. The van der Waals surface area contributed by atoms with Crippen LogP contribution in [0.5, 0.6) is 0 Å². The molecule has 2 aliphatic rings. The quantitative estimate of drug-likeness (QED) is 0.372. The van der Waals surface area contributed by atoms with Crippen LogP contribution < -0.4 is 0 Å². The summed E-state index contributed by atoms with van der Waals surface area (Å²) in [4.78, 5) is 14.2. The Balaban J connectivity index is 1.24. The highest BCUT2D eigenvalue weighted by atomic mass is 32.2. The van der Waals surface area contributed by atoms with Crippen molar-refractivity contribution < 1.29 is 0 Å². The molecular formula is C28H34N4S. The highest BCUT2D eigenvalue weighted by Crippen LogP contribution is 2.16. The average Bonchev–Trinajstić information content (AvgIpc) is 3.54. The summed E-state index contributed by atoms with van der Waals surface area (Å²) in [5.41, 5.74) is 2.29. The highest BCUT2D eigenvalue weighted by molar-refractivity contribution is 7.99.